The number of aliphatic hydroxyl groups excluding tert-OH is 7. The van der Waals surface area contributed by atoms with Gasteiger partial charge in [0.25, 0.3) is 0 Å². The molecular weight excluding hydrogens is 320 g/mol. The molecule has 0 amide bonds. The topological polar surface area (TPSA) is 186 Å². The van der Waals surface area contributed by atoms with Crippen LogP contribution in [-0.4, -0.2) is 110 Å². The van der Waals surface area contributed by atoms with Crippen molar-refractivity contribution in [2.24, 2.45) is 0 Å². The van der Waals surface area contributed by atoms with Crippen molar-refractivity contribution in [3.8, 4) is 0 Å². The van der Waals surface area contributed by atoms with E-state index in [-0.39, 0.29) is 0 Å². The summed E-state index contributed by atoms with van der Waals surface area (Å²) >= 11 is 0. The van der Waals surface area contributed by atoms with Crippen molar-refractivity contribution < 1.29 is 54.8 Å². The Kier molecular flexibility index (Phi) is 5.68. The lowest BCUT2D eigenvalue weighted by atomic mass is 10.00. The van der Waals surface area contributed by atoms with Crippen molar-refractivity contribution in [2.45, 2.75) is 48.7 Å². The molecule has 0 aromatic rings. The molecule has 0 unspecified atom stereocenters. The maximum Gasteiger partial charge on any atom is 0.224 e. The van der Waals surface area contributed by atoms with Gasteiger partial charge in [0.1, 0.15) is 43.2 Å². The smallest absolute Gasteiger partial charge is 0.224 e. The third-order valence-corrected chi connectivity index (χ3v) is 3.92. The van der Waals surface area contributed by atoms with Crippen molar-refractivity contribution >= 4 is 5.78 Å². The van der Waals surface area contributed by atoms with E-state index in [1.54, 1.807) is 0 Å². The molecule has 0 bridgehead atoms. The Balaban J connectivity index is 2.20. The molecular formula is C12H20O11. The lowest BCUT2D eigenvalue weighted by Crippen LogP contribution is -2.61. The standard InChI is InChI=1S/C12H20O11/c13-1-4-6(16)8(18)9(19)11(21-4)23-12(3-15)10(20)7(17)5(2-14)22-12/h4-8,10-11,13-18,20H,1-3H2/t4-,5-,6-,7-,8+,10+,11+,12+/m1/s1. The molecule has 0 saturated carbocycles. The van der Waals surface area contributed by atoms with Gasteiger partial charge in [-0.1, -0.05) is 0 Å². The molecule has 0 spiro atoms. The summed E-state index contributed by atoms with van der Waals surface area (Å²) in [6.07, 6.45) is -11.5. The Morgan fingerprint density at radius 1 is 1.00 bits per heavy atom. The van der Waals surface area contributed by atoms with Crippen molar-refractivity contribution in [3.63, 3.8) is 0 Å². The first-order valence-corrected chi connectivity index (χ1v) is 6.91. The number of rotatable bonds is 5. The van der Waals surface area contributed by atoms with Crippen LogP contribution >= 0.6 is 0 Å². The number of aliphatic hydroxyl groups is 7. The molecule has 2 aliphatic heterocycles. The number of ketones is 1. The van der Waals surface area contributed by atoms with Gasteiger partial charge in [-0.15, -0.1) is 0 Å². The summed E-state index contributed by atoms with van der Waals surface area (Å²) in [5.41, 5.74) is 0. The number of hydrogen-bond donors (Lipinski definition) is 7. The molecule has 0 aromatic heterocycles. The summed E-state index contributed by atoms with van der Waals surface area (Å²) in [4.78, 5) is 11.9. The Hall–Kier alpha value is -0.730. The number of carbonyl (C=O) groups excluding carboxylic acids is 1. The van der Waals surface area contributed by atoms with Gasteiger partial charge in [0.15, 0.2) is 0 Å². The van der Waals surface area contributed by atoms with Crippen molar-refractivity contribution in [3.05, 3.63) is 0 Å². The van der Waals surface area contributed by atoms with Crippen molar-refractivity contribution in [1.29, 1.82) is 0 Å². The van der Waals surface area contributed by atoms with E-state index >= 15 is 0 Å². The zero-order valence-corrected chi connectivity index (χ0v) is 11.9. The van der Waals surface area contributed by atoms with Crippen molar-refractivity contribution in [1.82, 2.24) is 0 Å². The van der Waals surface area contributed by atoms with E-state index in [4.69, 9.17) is 24.4 Å². The van der Waals surface area contributed by atoms with Crippen LogP contribution in [0.4, 0.5) is 0 Å². The van der Waals surface area contributed by atoms with Gasteiger partial charge >= 0.3 is 0 Å². The molecule has 11 heteroatoms. The van der Waals surface area contributed by atoms with Gasteiger partial charge in [-0.25, -0.2) is 0 Å². The summed E-state index contributed by atoms with van der Waals surface area (Å²) in [5.74, 6) is -3.40. The van der Waals surface area contributed by atoms with E-state index in [1.165, 1.54) is 0 Å². The third kappa shape index (κ3) is 3.13. The maximum absolute atomic E-state index is 11.9. The predicted molar refractivity (Wildman–Crippen MR) is 67.6 cm³/mol. The highest BCUT2D eigenvalue weighted by Gasteiger charge is 2.58. The van der Waals surface area contributed by atoms with E-state index in [0.717, 1.165) is 0 Å². The Morgan fingerprint density at radius 2 is 1.61 bits per heavy atom. The zero-order valence-electron chi connectivity index (χ0n) is 11.9. The molecule has 2 rings (SSSR count). The first-order valence-electron chi connectivity index (χ1n) is 6.91. The fourth-order valence-corrected chi connectivity index (χ4v) is 2.51. The molecule has 2 fully saturated rings. The zero-order chi connectivity index (χ0) is 17.4. The average molecular weight is 340 g/mol. The monoisotopic (exact) mass is 340 g/mol. The van der Waals surface area contributed by atoms with E-state index in [0.29, 0.717) is 0 Å². The van der Waals surface area contributed by atoms with E-state index in [2.05, 4.69) is 0 Å². The first-order chi connectivity index (χ1) is 10.8. The van der Waals surface area contributed by atoms with Crippen LogP contribution in [0.2, 0.25) is 0 Å². The fraction of sp³-hybridized carbons (Fsp3) is 0.917. The second kappa shape index (κ2) is 7.03. The molecule has 2 heterocycles. The SMILES string of the molecule is O=C1[C@H](O[C@]2(CO)O[C@H](CO)[C@@H](O)[C@@H]2O)O[C@H](CO)[C@@H](O)[C@@H]1O. The third-order valence-electron chi connectivity index (χ3n) is 3.92. The molecule has 23 heavy (non-hydrogen) atoms. The molecule has 134 valence electrons. The van der Waals surface area contributed by atoms with Crippen LogP contribution in [0.1, 0.15) is 0 Å². The number of Topliss-reactive ketones (excluding diaryl/α,β-unsaturated/α-hetero) is 1. The van der Waals surface area contributed by atoms with Gasteiger partial charge in [0, 0.05) is 0 Å². The Morgan fingerprint density at radius 3 is 2.09 bits per heavy atom. The summed E-state index contributed by atoms with van der Waals surface area (Å²) in [6, 6.07) is 0. The lowest BCUT2D eigenvalue weighted by molar-refractivity contribution is -0.344. The summed E-state index contributed by atoms with van der Waals surface area (Å²) < 4.78 is 15.2. The quantitative estimate of drug-likeness (QED) is 0.253. The Bertz CT molecular complexity index is 431. The summed E-state index contributed by atoms with van der Waals surface area (Å²) in [7, 11) is 0. The van der Waals surface area contributed by atoms with E-state index < -0.39 is 74.3 Å². The highest BCUT2D eigenvalue weighted by atomic mass is 16.8. The van der Waals surface area contributed by atoms with Gasteiger partial charge in [-0.2, -0.15) is 0 Å². The minimum Gasteiger partial charge on any atom is -0.394 e. The van der Waals surface area contributed by atoms with E-state index in [1.807, 2.05) is 0 Å². The highest BCUT2D eigenvalue weighted by Crippen LogP contribution is 2.35. The predicted octanol–water partition coefficient (Wildman–Crippen LogP) is -5.19. The lowest BCUT2D eigenvalue weighted by Gasteiger charge is -2.39. The second-order valence-electron chi connectivity index (χ2n) is 5.39. The number of carbonyl (C=O) groups is 1. The molecule has 2 aliphatic rings. The normalized spacial score (nSPS) is 48.0. The largest absolute Gasteiger partial charge is 0.394 e. The van der Waals surface area contributed by atoms with Crippen LogP contribution in [0.15, 0.2) is 0 Å². The van der Waals surface area contributed by atoms with Gasteiger partial charge < -0.3 is 50.0 Å². The van der Waals surface area contributed by atoms with E-state index in [9.17, 15) is 30.3 Å². The first kappa shape index (κ1) is 18.6. The van der Waals surface area contributed by atoms with Gasteiger partial charge in [0.2, 0.25) is 17.9 Å². The molecule has 0 aromatic carbocycles. The molecule has 8 atom stereocenters. The number of hydrogen-bond acceptors (Lipinski definition) is 11. The highest BCUT2D eigenvalue weighted by molar-refractivity contribution is 5.87. The fourth-order valence-electron chi connectivity index (χ4n) is 2.51. The molecule has 7 N–H and O–H groups in total. The van der Waals surface area contributed by atoms with Crippen LogP contribution in [0, 0.1) is 0 Å². The molecule has 2 saturated heterocycles. The summed E-state index contributed by atoms with van der Waals surface area (Å²) in [5, 5.41) is 66.5. The summed E-state index contributed by atoms with van der Waals surface area (Å²) in [6.45, 7) is -2.43. The van der Waals surface area contributed by atoms with Crippen LogP contribution < -0.4 is 0 Å². The minimum atomic E-state index is -2.28. The van der Waals surface area contributed by atoms with Gasteiger partial charge in [-0.05, 0) is 0 Å². The van der Waals surface area contributed by atoms with Crippen LogP contribution in [0.3, 0.4) is 0 Å². The molecule has 11 nitrogen and oxygen atoms in total. The minimum absolute atomic E-state index is 0.691. The number of ether oxygens (including phenoxy) is 3. The van der Waals surface area contributed by atoms with Crippen LogP contribution in [0.5, 0.6) is 0 Å². The van der Waals surface area contributed by atoms with Gasteiger partial charge in [-0.3, -0.25) is 4.79 Å². The van der Waals surface area contributed by atoms with Crippen molar-refractivity contribution in [2.75, 3.05) is 19.8 Å². The Labute approximate surface area is 130 Å². The second-order valence-corrected chi connectivity index (χ2v) is 5.39. The average Bonchev–Trinajstić information content (AvgIpc) is 2.80. The maximum atomic E-state index is 11.9. The van der Waals surface area contributed by atoms with Crippen LogP contribution in [0.25, 0.3) is 0 Å². The van der Waals surface area contributed by atoms with Gasteiger partial charge in [0.05, 0.1) is 13.2 Å². The molecule has 0 aliphatic carbocycles. The van der Waals surface area contributed by atoms with Crippen LogP contribution in [-0.2, 0) is 19.0 Å². The molecule has 0 radical (unpaired) electrons.